The molecule has 0 bridgehead atoms. The maximum absolute atomic E-state index is 11.3. The van der Waals surface area contributed by atoms with Gasteiger partial charge in [0.25, 0.3) is 0 Å². The highest BCUT2D eigenvalue weighted by Gasteiger charge is 2.16. The SMILES string of the molecule is CCN(CC)c1cccc(S(N)(=O)=O)c1N. The van der Waals surface area contributed by atoms with Gasteiger partial charge in [-0.15, -0.1) is 0 Å². The fraction of sp³-hybridized carbons (Fsp3) is 0.400. The molecule has 4 N–H and O–H groups in total. The van der Waals surface area contributed by atoms with Crippen molar-refractivity contribution in [1.29, 1.82) is 0 Å². The van der Waals surface area contributed by atoms with Crippen LogP contribution < -0.4 is 15.8 Å². The van der Waals surface area contributed by atoms with Crippen molar-refractivity contribution in [2.45, 2.75) is 18.7 Å². The molecule has 0 saturated carbocycles. The Balaban J connectivity index is 3.34. The zero-order valence-electron chi connectivity index (χ0n) is 9.47. The molecule has 1 aromatic carbocycles. The lowest BCUT2D eigenvalue weighted by Crippen LogP contribution is -2.24. The average molecular weight is 243 g/mol. The van der Waals surface area contributed by atoms with Crippen molar-refractivity contribution in [2.24, 2.45) is 5.14 Å². The first-order valence-corrected chi connectivity index (χ1v) is 6.62. The van der Waals surface area contributed by atoms with Crippen molar-refractivity contribution >= 4 is 21.4 Å². The van der Waals surface area contributed by atoms with Gasteiger partial charge in [0, 0.05) is 13.1 Å². The minimum atomic E-state index is -3.76. The second kappa shape index (κ2) is 4.71. The number of rotatable bonds is 4. The molecular formula is C10H17N3O2S. The van der Waals surface area contributed by atoms with Crippen molar-refractivity contribution in [2.75, 3.05) is 23.7 Å². The zero-order chi connectivity index (χ0) is 12.3. The molecule has 1 rings (SSSR count). The summed E-state index contributed by atoms with van der Waals surface area (Å²) in [5.74, 6) is 0. The van der Waals surface area contributed by atoms with E-state index in [9.17, 15) is 8.42 Å². The van der Waals surface area contributed by atoms with Crippen LogP contribution in [0, 0.1) is 0 Å². The summed E-state index contributed by atoms with van der Waals surface area (Å²) < 4.78 is 22.6. The van der Waals surface area contributed by atoms with E-state index >= 15 is 0 Å². The molecule has 0 fully saturated rings. The highest BCUT2D eigenvalue weighted by molar-refractivity contribution is 7.89. The molecule has 0 heterocycles. The molecule has 16 heavy (non-hydrogen) atoms. The van der Waals surface area contributed by atoms with Gasteiger partial charge in [-0.2, -0.15) is 0 Å². The minimum absolute atomic E-state index is 0.0168. The molecule has 5 nitrogen and oxygen atoms in total. The van der Waals surface area contributed by atoms with Gasteiger partial charge in [-0.3, -0.25) is 0 Å². The van der Waals surface area contributed by atoms with Crippen LogP contribution in [-0.4, -0.2) is 21.5 Å². The molecule has 0 aliphatic rings. The van der Waals surface area contributed by atoms with E-state index in [1.165, 1.54) is 6.07 Å². The fourth-order valence-corrected chi connectivity index (χ4v) is 2.30. The van der Waals surface area contributed by atoms with E-state index in [-0.39, 0.29) is 10.6 Å². The van der Waals surface area contributed by atoms with Gasteiger partial charge in [-0.05, 0) is 26.0 Å². The smallest absolute Gasteiger partial charge is 0.240 e. The first-order valence-electron chi connectivity index (χ1n) is 5.08. The van der Waals surface area contributed by atoms with E-state index < -0.39 is 10.0 Å². The molecule has 0 aliphatic heterocycles. The van der Waals surface area contributed by atoms with Crippen LogP contribution in [0.5, 0.6) is 0 Å². The quantitative estimate of drug-likeness (QED) is 0.764. The van der Waals surface area contributed by atoms with Crippen molar-refractivity contribution in [3.8, 4) is 0 Å². The Morgan fingerprint density at radius 3 is 2.25 bits per heavy atom. The van der Waals surface area contributed by atoms with E-state index in [2.05, 4.69) is 0 Å². The number of nitrogens with zero attached hydrogens (tertiary/aromatic N) is 1. The van der Waals surface area contributed by atoms with Gasteiger partial charge in [0.05, 0.1) is 11.4 Å². The summed E-state index contributed by atoms with van der Waals surface area (Å²) >= 11 is 0. The maximum atomic E-state index is 11.3. The predicted molar refractivity (Wildman–Crippen MR) is 65.8 cm³/mol. The predicted octanol–water partition coefficient (Wildman–Crippen LogP) is 0.762. The Kier molecular flexibility index (Phi) is 3.77. The van der Waals surface area contributed by atoms with E-state index in [0.717, 1.165) is 13.1 Å². The van der Waals surface area contributed by atoms with Gasteiger partial charge in [-0.1, -0.05) is 6.07 Å². The molecule has 0 radical (unpaired) electrons. The van der Waals surface area contributed by atoms with Gasteiger partial charge in [-0.25, -0.2) is 13.6 Å². The second-order valence-corrected chi connectivity index (χ2v) is 4.94. The van der Waals surface area contributed by atoms with Crippen LogP contribution >= 0.6 is 0 Å². The number of anilines is 2. The number of hydrogen-bond donors (Lipinski definition) is 2. The number of nitrogens with two attached hydrogens (primary N) is 2. The highest BCUT2D eigenvalue weighted by Crippen LogP contribution is 2.28. The molecular weight excluding hydrogens is 226 g/mol. The van der Waals surface area contributed by atoms with Gasteiger partial charge in [0.2, 0.25) is 10.0 Å². The van der Waals surface area contributed by atoms with Crippen LogP contribution in [0.4, 0.5) is 11.4 Å². The lowest BCUT2D eigenvalue weighted by molar-refractivity contribution is 0.598. The summed E-state index contributed by atoms with van der Waals surface area (Å²) in [5, 5.41) is 5.08. The highest BCUT2D eigenvalue weighted by atomic mass is 32.2. The summed E-state index contributed by atoms with van der Waals surface area (Å²) in [5.41, 5.74) is 6.74. The second-order valence-electron chi connectivity index (χ2n) is 3.41. The van der Waals surface area contributed by atoms with E-state index in [1.807, 2.05) is 18.7 Å². The minimum Gasteiger partial charge on any atom is -0.396 e. The first-order chi connectivity index (χ1) is 7.41. The van der Waals surface area contributed by atoms with Crippen LogP contribution in [0.2, 0.25) is 0 Å². The van der Waals surface area contributed by atoms with Crippen molar-refractivity contribution < 1.29 is 8.42 Å². The molecule has 0 spiro atoms. The summed E-state index contributed by atoms with van der Waals surface area (Å²) in [7, 11) is -3.76. The van der Waals surface area contributed by atoms with Crippen LogP contribution in [0.15, 0.2) is 23.1 Å². The number of hydrogen-bond acceptors (Lipinski definition) is 4. The Hall–Kier alpha value is -1.27. The summed E-state index contributed by atoms with van der Waals surface area (Å²) in [4.78, 5) is 1.96. The molecule has 0 saturated heterocycles. The van der Waals surface area contributed by atoms with Crippen molar-refractivity contribution in [3.63, 3.8) is 0 Å². The standard InChI is InChI=1S/C10H17N3O2S/c1-3-13(4-2)8-6-5-7-9(10(8)11)16(12,14)15/h5-7H,3-4,11H2,1-2H3,(H2,12,14,15). The number of sulfonamides is 1. The molecule has 0 aliphatic carbocycles. The average Bonchev–Trinajstić information content (AvgIpc) is 2.20. The third-order valence-electron chi connectivity index (χ3n) is 2.45. The Labute approximate surface area is 96.1 Å². The zero-order valence-corrected chi connectivity index (χ0v) is 10.3. The van der Waals surface area contributed by atoms with E-state index in [1.54, 1.807) is 12.1 Å². The molecule has 0 aromatic heterocycles. The summed E-state index contributed by atoms with van der Waals surface area (Å²) in [6, 6.07) is 4.85. The molecule has 0 atom stereocenters. The number of benzene rings is 1. The number of para-hydroxylation sites is 1. The van der Waals surface area contributed by atoms with Gasteiger partial charge in [0.1, 0.15) is 4.90 Å². The molecule has 0 unspecified atom stereocenters. The topological polar surface area (TPSA) is 89.4 Å². The van der Waals surface area contributed by atoms with Gasteiger partial charge >= 0.3 is 0 Å². The Morgan fingerprint density at radius 1 is 1.25 bits per heavy atom. The van der Waals surface area contributed by atoms with Crippen LogP contribution in [0.25, 0.3) is 0 Å². The first kappa shape index (κ1) is 12.8. The number of primary sulfonamides is 1. The fourth-order valence-electron chi connectivity index (χ4n) is 1.62. The lowest BCUT2D eigenvalue weighted by Gasteiger charge is -2.23. The number of nitrogen functional groups attached to an aromatic ring is 1. The Bertz CT molecular complexity index is 467. The summed E-state index contributed by atoms with van der Waals surface area (Å²) in [6.45, 7) is 5.47. The van der Waals surface area contributed by atoms with E-state index in [4.69, 9.17) is 10.9 Å². The van der Waals surface area contributed by atoms with Crippen LogP contribution in [0.1, 0.15) is 13.8 Å². The largest absolute Gasteiger partial charge is 0.396 e. The normalized spacial score (nSPS) is 11.4. The molecule has 1 aromatic rings. The molecule has 6 heteroatoms. The Morgan fingerprint density at radius 2 is 1.81 bits per heavy atom. The van der Waals surface area contributed by atoms with Crippen LogP contribution in [-0.2, 0) is 10.0 Å². The van der Waals surface area contributed by atoms with E-state index in [0.29, 0.717) is 5.69 Å². The third kappa shape index (κ3) is 2.45. The van der Waals surface area contributed by atoms with Gasteiger partial charge < -0.3 is 10.6 Å². The van der Waals surface area contributed by atoms with Crippen molar-refractivity contribution in [3.05, 3.63) is 18.2 Å². The maximum Gasteiger partial charge on any atom is 0.240 e. The molecule has 0 amide bonds. The lowest BCUT2D eigenvalue weighted by atomic mass is 10.2. The van der Waals surface area contributed by atoms with Crippen molar-refractivity contribution in [1.82, 2.24) is 0 Å². The monoisotopic (exact) mass is 243 g/mol. The third-order valence-corrected chi connectivity index (χ3v) is 3.42. The summed E-state index contributed by atoms with van der Waals surface area (Å²) in [6.07, 6.45) is 0. The van der Waals surface area contributed by atoms with Crippen LogP contribution in [0.3, 0.4) is 0 Å². The molecule has 90 valence electrons. The van der Waals surface area contributed by atoms with Gasteiger partial charge in [0.15, 0.2) is 0 Å².